The number of anilines is 2. The Morgan fingerprint density at radius 1 is 1.11 bits per heavy atom. The molecule has 2 rings (SSSR count). The second-order valence-electron chi connectivity index (χ2n) is 5.16. The molecule has 0 aromatic heterocycles. The van der Waals surface area contributed by atoms with E-state index < -0.39 is 0 Å². The van der Waals surface area contributed by atoms with Gasteiger partial charge in [0.25, 0.3) is 0 Å². The molecule has 0 unspecified atom stereocenters. The molecule has 1 aromatic rings. The average molecular weight is 245 g/mol. The van der Waals surface area contributed by atoms with Crippen LogP contribution in [0.1, 0.15) is 13.8 Å². The zero-order valence-electron chi connectivity index (χ0n) is 11.4. The third-order valence-electron chi connectivity index (χ3n) is 3.39. The molecular weight excluding hydrogens is 222 g/mol. The van der Waals surface area contributed by atoms with Crippen molar-refractivity contribution >= 4 is 11.4 Å². The van der Waals surface area contributed by atoms with E-state index in [4.69, 9.17) is 5.73 Å². The predicted octanol–water partition coefficient (Wildman–Crippen LogP) is 2.36. The predicted molar refractivity (Wildman–Crippen MR) is 78.9 cm³/mol. The second kappa shape index (κ2) is 5.91. The van der Waals surface area contributed by atoms with Crippen molar-refractivity contribution in [1.82, 2.24) is 4.90 Å². The monoisotopic (exact) mass is 245 g/mol. The molecule has 1 aliphatic heterocycles. The molecule has 0 aliphatic carbocycles. The number of allylic oxidation sites excluding steroid dienone is 1. The summed E-state index contributed by atoms with van der Waals surface area (Å²) in [5, 5.41) is 0. The fourth-order valence-electron chi connectivity index (χ4n) is 2.19. The molecule has 1 saturated heterocycles. The number of nitrogens with zero attached hydrogens (tertiary/aromatic N) is 2. The molecule has 0 bridgehead atoms. The molecule has 1 aromatic carbocycles. The highest BCUT2D eigenvalue weighted by atomic mass is 15.3. The van der Waals surface area contributed by atoms with Crippen molar-refractivity contribution in [1.29, 1.82) is 0 Å². The van der Waals surface area contributed by atoms with Crippen LogP contribution in [-0.4, -0.2) is 37.6 Å². The summed E-state index contributed by atoms with van der Waals surface area (Å²) in [6.45, 7) is 9.86. The van der Waals surface area contributed by atoms with Crippen LogP contribution < -0.4 is 10.6 Å². The zero-order chi connectivity index (χ0) is 13.0. The Bertz CT molecular complexity index is 396. The summed E-state index contributed by atoms with van der Waals surface area (Å²) in [5.41, 5.74) is 9.23. The molecule has 0 radical (unpaired) electrons. The van der Waals surface area contributed by atoms with Crippen LogP contribution >= 0.6 is 0 Å². The molecule has 3 nitrogen and oxygen atoms in total. The van der Waals surface area contributed by atoms with Crippen molar-refractivity contribution in [3.05, 3.63) is 35.9 Å². The van der Waals surface area contributed by atoms with Gasteiger partial charge in [-0.2, -0.15) is 0 Å². The summed E-state index contributed by atoms with van der Waals surface area (Å²) >= 11 is 0. The van der Waals surface area contributed by atoms with E-state index in [1.165, 1.54) is 11.3 Å². The van der Waals surface area contributed by atoms with Crippen LogP contribution in [0.2, 0.25) is 0 Å². The van der Waals surface area contributed by atoms with Crippen LogP contribution in [0.3, 0.4) is 0 Å². The van der Waals surface area contributed by atoms with Crippen molar-refractivity contribution < 1.29 is 0 Å². The number of hydrogen-bond acceptors (Lipinski definition) is 3. The summed E-state index contributed by atoms with van der Waals surface area (Å²) in [6, 6.07) is 8.18. The van der Waals surface area contributed by atoms with Gasteiger partial charge in [-0.25, -0.2) is 0 Å². The maximum atomic E-state index is 5.71. The Kier molecular flexibility index (Phi) is 4.26. The molecule has 0 amide bonds. The van der Waals surface area contributed by atoms with Crippen LogP contribution in [0.25, 0.3) is 0 Å². The van der Waals surface area contributed by atoms with E-state index in [9.17, 15) is 0 Å². The van der Waals surface area contributed by atoms with E-state index in [1.54, 1.807) is 0 Å². The van der Waals surface area contributed by atoms with Crippen LogP contribution in [0.15, 0.2) is 35.9 Å². The van der Waals surface area contributed by atoms with Gasteiger partial charge in [-0.05, 0) is 38.1 Å². The van der Waals surface area contributed by atoms with Gasteiger partial charge in [0.2, 0.25) is 0 Å². The normalized spacial score (nSPS) is 16.7. The van der Waals surface area contributed by atoms with E-state index in [-0.39, 0.29) is 0 Å². The van der Waals surface area contributed by atoms with Crippen molar-refractivity contribution in [2.45, 2.75) is 13.8 Å². The fourth-order valence-corrected chi connectivity index (χ4v) is 2.19. The van der Waals surface area contributed by atoms with Crippen LogP contribution in [0, 0.1) is 0 Å². The Hall–Kier alpha value is -1.48. The van der Waals surface area contributed by atoms with E-state index in [1.807, 2.05) is 12.1 Å². The van der Waals surface area contributed by atoms with Gasteiger partial charge in [-0.15, -0.1) is 0 Å². The topological polar surface area (TPSA) is 32.5 Å². The zero-order valence-corrected chi connectivity index (χ0v) is 11.4. The minimum atomic E-state index is 0.834. The number of hydrogen-bond donors (Lipinski definition) is 1. The molecule has 2 N–H and O–H groups in total. The number of nitrogens with two attached hydrogens (primary N) is 1. The van der Waals surface area contributed by atoms with E-state index in [0.29, 0.717) is 0 Å². The maximum Gasteiger partial charge on any atom is 0.0368 e. The lowest BCUT2D eigenvalue weighted by atomic mass is 10.2. The largest absolute Gasteiger partial charge is 0.399 e. The Morgan fingerprint density at radius 3 is 2.28 bits per heavy atom. The van der Waals surface area contributed by atoms with Gasteiger partial charge < -0.3 is 10.6 Å². The minimum absolute atomic E-state index is 0.834. The van der Waals surface area contributed by atoms with Crippen molar-refractivity contribution in [3.8, 4) is 0 Å². The van der Waals surface area contributed by atoms with Gasteiger partial charge in [0.1, 0.15) is 0 Å². The molecule has 0 saturated carbocycles. The highest BCUT2D eigenvalue weighted by Gasteiger charge is 2.15. The Labute approximate surface area is 110 Å². The van der Waals surface area contributed by atoms with Crippen molar-refractivity contribution in [2.24, 2.45) is 0 Å². The van der Waals surface area contributed by atoms with E-state index in [2.05, 4.69) is 41.9 Å². The summed E-state index contributed by atoms with van der Waals surface area (Å²) in [7, 11) is 0. The fraction of sp³-hybridized carbons (Fsp3) is 0.467. The molecule has 3 heteroatoms. The van der Waals surface area contributed by atoms with Crippen LogP contribution in [-0.2, 0) is 0 Å². The van der Waals surface area contributed by atoms with E-state index >= 15 is 0 Å². The molecule has 1 aliphatic rings. The average Bonchev–Trinajstić information content (AvgIpc) is 2.38. The Morgan fingerprint density at radius 2 is 1.72 bits per heavy atom. The molecular formula is C15H23N3. The van der Waals surface area contributed by atoms with Gasteiger partial charge in [0.05, 0.1) is 0 Å². The Balaban J connectivity index is 1.86. The maximum absolute atomic E-state index is 5.71. The number of piperazine rings is 1. The van der Waals surface area contributed by atoms with Gasteiger partial charge in [-0.1, -0.05) is 11.6 Å². The van der Waals surface area contributed by atoms with Gasteiger partial charge in [0, 0.05) is 44.1 Å². The molecule has 18 heavy (non-hydrogen) atoms. The third-order valence-corrected chi connectivity index (χ3v) is 3.39. The second-order valence-corrected chi connectivity index (χ2v) is 5.16. The van der Waals surface area contributed by atoms with Crippen LogP contribution in [0.4, 0.5) is 11.4 Å². The molecule has 0 spiro atoms. The van der Waals surface area contributed by atoms with Gasteiger partial charge in [-0.3, -0.25) is 4.90 Å². The highest BCUT2D eigenvalue weighted by molar-refractivity contribution is 5.53. The lowest BCUT2D eigenvalue weighted by Gasteiger charge is -2.35. The number of benzene rings is 1. The molecule has 1 heterocycles. The summed E-state index contributed by atoms with van der Waals surface area (Å²) in [5.74, 6) is 0. The first-order valence-corrected chi connectivity index (χ1v) is 6.61. The lowest BCUT2D eigenvalue weighted by molar-refractivity contribution is 0.283. The first-order chi connectivity index (χ1) is 8.65. The minimum Gasteiger partial charge on any atom is -0.399 e. The first kappa shape index (κ1) is 13.0. The number of rotatable bonds is 3. The smallest absolute Gasteiger partial charge is 0.0368 e. The summed E-state index contributed by atoms with van der Waals surface area (Å²) in [6.07, 6.45) is 2.30. The highest BCUT2D eigenvalue weighted by Crippen LogP contribution is 2.18. The van der Waals surface area contributed by atoms with Crippen molar-refractivity contribution in [3.63, 3.8) is 0 Å². The third kappa shape index (κ3) is 3.50. The van der Waals surface area contributed by atoms with Gasteiger partial charge >= 0.3 is 0 Å². The molecule has 98 valence electrons. The van der Waals surface area contributed by atoms with Gasteiger partial charge in [0.15, 0.2) is 0 Å². The summed E-state index contributed by atoms with van der Waals surface area (Å²) in [4.78, 5) is 4.93. The standard InChI is InChI=1S/C15H23N3/c1-13(2)7-8-17-9-11-18(12-10-17)15-5-3-14(16)4-6-15/h3-7H,8-12,16H2,1-2H3. The van der Waals surface area contributed by atoms with E-state index in [0.717, 1.165) is 38.4 Å². The SMILES string of the molecule is CC(C)=CCN1CCN(c2ccc(N)cc2)CC1. The quantitative estimate of drug-likeness (QED) is 0.655. The number of nitrogen functional groups attached to an aromatic ring is 1. The van der Waals surface area contributed by atoms with Crippen LogP contribution in [0.5, 0.6) is 0 Å². The summed E-state index contributed by atoms with van der Waals surface area (Å²) < 4.78 is 0. The molecule has 1 fully saturated rings. The van der Waals surface area contributed by atoms with Crippen molar-refractivity contribution in [2.75, 3.05) is 43.4 Å². The first-order valence-electron chi connectivity index (χ1n) is 6.61. The molecule has 0 atom stereocenters. The lowest BCUT2D eigenvalue weighted by Crippen LogP contribution is -2.46.